The van der Waals surface area contributed by atoms with Crippen molar-refractivity contribution in [2.75, 3.05) is 16.8 Å². The van der Waals surface area contributed by atoms with Crippen LogP contribution < -0.4 is 16.0 Å². The molecule has 1 aliphatic rings. The highest BCUT2D eigenvalue weighted by Crippen LogP contribution is 2.40. The smallest absolute Gasteiger partial charge is 0.248 e. The van der Waals surface area contributed by atoms with Crippen molar-refractivity contribution < 1.29 is 9.59 Å². The monoisotopic (exact) mass is 382 g/mol. The Labute approximate surface area is 162 Å². The van der Waals surface area contributed by atoms with E-state index in [1.165, 1.54) is 4.90 Å². The molecule has 3 heterocycles. The number of primary amides is 1. The van der Waals surface area contributed by atoms with E-state index in [0.717, 1.165) is 0 Å². The van der Waals surface area contributed by atoms with Gasteiger partial charge in [0.05, 0.1) is 18.0 Å². The molecule has 10 heteroatoms. The van der Waals surface area contributed by atoms with Gasteiger partial charge < -0.3 is 11.1 Å². The second-order valence-corrected chi connectivity index (χ2v) is 7.02. The second kappa shape index (κ2) is 7.64. The van der Waals surface area contributed by atoms with Crippen molar-refractivity contribution in [2.45, 2.75) is 33.2 Å². The third-order valence-electron chi connectivity index (χ3n) is 4.94. The van der Waals surface area contributed by atoms with Crippen LogP contribution in [-0.2, 0) is 16.1 Å². The number of nitriles is 1. The summed E-state index contributed by atoms with van der Waals surface area (Å²) in [5.74, 6) is 0.0425. The van der Waals surface area contributed by atoms with Crippen molar-refractivity contribution in [3.05, 3.63) is 24.7 Å². The van der Waals surface area contributed by atoms with E-state index >= 15 is 0 Å². The maximum Gasteiger partial charge on any atom is 0.248 e. The summed E-state index contributed by atoms with van der Waals surface area (Å²) in [4.78, 5) is 33.8. The molecule has 3 N–H and O–H groups in total. The number of hydrogen-bond donors (Lipinski definition) is 2. The van der Waals surface area contributed by atoms with Gasteiger partial charge in [0.15, 0.2) is 0 Å². The van der Waals surface area contributed by atoms with E-state index in [1.54, 1.807) is 29.3 Å². The van der Waals surface area contributed by atoms with E-state index in [0.29, 0.717) is 37.0 Å². The number of amides is 2. The summed E-state index contributed by atoms with van der Waals surface area (Å²) in [7, 11) is 0. The summed E-state index contributed by atoms with van der Waals surface area (Å²) < 4.78 is 1.59. The van der Waals surface area contributed by atoms with Crippen LogP contribution >= 0.6 is 0 Å². The largest absolute Gasteiger partial charge is 0.370 e. The number of carbonyl (C=O) groups is 2. The number of nitrogens with zero attached hydrogens (tertiary/aromatic N) is 6. The van der Waals surface area contributed by atoms with Crippen LogP contribution in [0.1, 0.15) is 26.7 Å². The molecule has 1 saturated heterocycles. The zero-order chi connectivity index (χ0) is 20.3. The molecule has 146 valence electrons. The first-order valence-corrected chi connectivity index (χ1v) is 9.00. The summed E-state index contributed by atoms with van der Waals surface area (Å²) in [5.41, 5.74) is 4.77. The van der Waals surface area contributed by atoms with Crippen molar-refractivity contribution >= 4 is 29.3 Å². The van der Waals surface area contributed by atoms with E-state index in [2.05, 4.69) is 26.5 Å². The third kappa shape index (κ3) is 3.64. The lowest BCUT2D eigenvalue weighted by Gasteiger charge is -2.24. The fourth-order valence-electron chi connectivity index (χ4n) is 3.19. The Hall–Kier alpha value is -3.48. The first-order valence-electron chi connectivity index (χ1n) is 9.00. The summed E-state index contributed by atoms with van der Waals surface area (Å²) in [6.45, 7) is 4.58. The molecule has 2 aromatic heterocycles. The topological polar surface area (TPSA) is 143 Å². The molecule has 2 amide bonds. The molecule has 1 aliphatic heterocycles. The zero-order valence-corrected chi connectivity index (χ0v) is 15.8. The van der Waals surface area contributed by atoms with Gasteiger partial charge in [0.2, 0.25) is 17.8 Å². The van der Waals surface area contributed by atoms with Gasteiger partial charge in [-0.2, -0.15) is 15.3 Å². The molecule has 2 aromatic rings. The minimum atomic E-state index is -1.01. The van der Waals surface area contributed by atoms with Crippen LogP contribution in [0.4, 0.5) is 17.5 Å². The second-order valence-electron chi connectivity index (χ2n) is 7.02. The van der Waals surface area contributed by atoms with Crippen LogP contribution in [0.15, 0.2) is 24.7 Å². The standard InChI is InChI=1S/C18H22N8O2/c1-12(2)18(11-19)5-8-26(16(18)28)15-3-6-21-17(24-15)23-13-9-22-25(10-13)7-4-14(20)27/h3,6,9-10,12H,4-5,7-8H2,1-2H3,(H2,20,27)(H,21,23,24)/t18-/m1/s1. The number of rotatable bonds is 7. The van der Waals surface area contributed by atoms with Crippen molar-refractivity contribution in [1.82, 2.24) is 19.7 Å². The predicted octanol–water partition coefficient (Wildman–Crippen LogP) is 1.19. The Balaban J connectivity index is 1.74. The van der Waals surface area contributed by atoms with Crippen LogP contribution in [0, 0.1) is 22.7 Å². The summed E-state index contributed by atoms with van der Waals surface area (Å²) in [5, 5.41) is 16.7. The summed E-state index contributed by atoms with van der Waals surface area (Å²) >= 11 is 0. The maximum atomic E-state index is 12.9. The first-order chi connectivity index (χ1) is 13.4. The van der Waals surface area contributed by atoms with Gasteiger partial charge in [-0.05, 0) is 18.4 Å². The number of aromatic nitrogens is 4. The molecule has 1 fully saturated rings. The van der Waals surface area contributed by atoms with Gasteiger partial charge in [0.25, 0.3) is 0 Å². The molecule has 1 atom stereocenters. The van der Waals surface area contributed by atoms with Crippen molar-refractivity contribution in [3.63, 3.8) is 0 Å². The number of anilines is 3. The van der Waals surface area contributed by atoms with Gasteiger partial charge in [-0.25, -0.2) is 4.98 Å². The Morgan fingerprint density at radius 2 is 2.29 bits per heavy atom. The molecule has 0 aliphatic carbocycles. The maximum absolute atomic E-state index is 12.9. The van der Waals surface area contributed by atoms with Crippen LogP contribution in [0.5, 0.6) is 0 Å². The first kappa shape index (κ1) is 19.3. The predicted molar refractivity (Wildman–Crippen MR) is 101 cm³/mol. The van der Waals surface area contributed by atoms with E-state index in [9.17, 15) is 14.9 Å². The third-order valence-corrected chi connectivity index (χ3v) is 4.94. The fraction of sp³-hybridized carbons (Fsp3) is 0.444. The van der Waals surface area contributed by atoms with E-state index in [4.69, 9.17) is 5.73 Å². The van der Waals surface area contributed by atoms with Crippen LogP contribution in [0.25, 0.3) is 0 Å². The molecule has 10 nitrogen and oxygen atoms in total. The normalized spacial score (nSPS) is 19.1. The molecule has 3 rings (SSSR count). The molecule has 0 spiro atoms. The Morgan fingerprint density at radius 3 is 2.93 bits per heavy atom. The van der Waals surface area contributed by atoms with E-state index in [1.807, 2.05) is 13.8 Å². The molecule has 0 aromatic carbocycles. The lowest BCUT2D eigenvalue weighted by atomic mass is 9.77. The highest BCUT2D eigenvalue weighted by molar-refractivity contribution is 6.01. The van der Waals surface area contributed by atoms with Gasteiger partial charge in [-0.15, -0.1) is 0 Å². The SMILES string of the molecule is CC(C)[C@]1(C#N)CCN(c2ccnc(Nc3cnn(CCC(N)=O)c3)n2)C1=O. The quantitative estimate of drug-likeness (QED) is 0.732. The van der Waals surface area contributed by atoms with Crippen LogP contribution in [-0.4, -0.2) is 38.1 Å². The van der Waals surface area contributed by atoms with Crippen LogP contribution in [0.3, 0.4) is 0 Å². The Bertz CT molecular complexity index is 932. The average molecular weight is 382 g/mol. The van der Waals surface area contributed by atoms with Gasteiger partial charge in [-0.1, -0.05) is 13.8 Å². The van der Waals surface area contributed by atoms with Crippen LogP contribution in [0.2, 0.25) is 0 Å². The highest BCUT2D eigenvalue weighted by atomic mass is 16.2. The Morgan fingerprint density at radius 1 is 1.50 bits per heavy atom. The molecule has 0 radical (unpaired) electrons. The molecular weight excluding hydrogens is 360 g/mol. The molecular formula is C18H22N8O2. The lowest BCUT2D eigenvalue weighted by molar-refractivity contribution is -0.124. The average Bonchev–Trinajstić information content (AvgIpc) is 3.24. The number of aryl methyl sites for hydroxylation is 1. The number of nitrogens with two attached hydrogens (primary N) is 1. The molecule has 0 bridgehead atoms. The summed E-state index contributed by atoms with van der Waals surface area (Å²) in [6.07, 6.45) is 5.51. The van der Waals surface area contributed by atoms with Gasteiger partial charge in [-0.3, -0.25) is 19.2 Å². The number of carbonyl (C=O) groups excluding carboxylic acids is 2. The minimum Gasteiger partial charge on any atom is -0.370 e. The molecule has 0 unspecified atom stereocenters. The van der Waals surface area contributed by atoms with Crippen molar-refractivity contribution in [3.8, 4) is 6.07 Å². The molecule has 0 saturated carbocycles. The highest BCUT2D eigenvalue weighted by Gasteiger charge is 2.50. The summed E-state index contributed by atoms with van der Waals surface area (Å²) in [6, 6.07) is 3.86. The molecule has 28 heavy (non-hydrogen) atoms. The van der Waals surface area contributed by atoms with Gasteiger partial charge in [0, 0.05) is 31.9 Å². The minimum absolute atomic E-state index is 0.0827. The van der Waals surface area contributed by atoms with Crippen molar-refractivity contribution in [2.24, 2.45) is 17.1 Å². The van der Waals surface area contributed by atoms with Crippen molar-refractivity contribution in [1.29, 1.82) is 5.26 Å². The number of nitrogens with one attached hydrogen (secondary N) is 1. The van der Waals surface area contributed by atoms with E-state index < -0.39 is 11.3 Å². The van der Waals surface area contributed by atoms with E-state index in [-0.39, 0.29) is 18.2 Å². The number of hydrogen-bond acceptors (Lipinski definition) is 7. The fourth-order valence-corrected chi connectivity index (χ4v) is 3.19. The van der Waals surface area contributed by atoms with Gasteiger partial charge in [0.1, 0.15) is 11.2 Å². The Kier molecular flexibility index (Phi) is 5.26. The lowest BCUT2D eigenvalue weighted by Crippen LogP contribution is -2.37. The van der Waals surface area contributed by atoms with Gasteiger partial charge >= 0.3 is 0 Å². The zero-order valence-electron chi connectivity index (χ0n) is 15.8.